The minimum atomic E-state index is 0.660. The molecule has 0 saturated carbocycles. The summed E-state index contributed by atoms with van der Waals surface area (Å²) in [6.45, 7) is 0. The number of oxime groups is 2. The van der Waals surface area contributed by atoms with Gasteiger partial charge in [-0.1, -0.05) is 70.6 Å². The molecule has 0 atom stereocenters. The second-order valence-electron chi connectivity index (χ2n) is 6.02. The summed E-state index contributed by atoms with van der Waals surface area (Å²) in [5, 5.41) is 26.5. The van der Waals surface area contributed by atoms with E-state index in [0.717, 1.165) is 36.8 Å². The van der Waals surface area contributed by atoms with Crippen LogP contribution in [0.5, 0.6) is 0 Å². The van der Waals surface area contributed by atoms with Crippen LogP contribution in [0.15, 0.2) is 58.8 Å². The highest BCUT2D eigenvalue weighted by Gasteiger charge is 2.06. The number of nitrogens with zero attached hydrogens (tertiary/aromatic N) is 2. The fraction of sp³-hybridized carbons (Fsp3) is 0.300. The Bertz CT molecular complexity index is 676. The molecule has 0 aliphatic carbocycles. The van der Waals surface area contributed by atoms with Crippen molar-refractivity contribution in [3.8, 4) is 0 Å². The largest absolute Gasteiger partial charge is 0.411 e. The maximum atomic E-state index is 9.20. The summed E-state index contributed by atoms with van der Waals surface area (Å²) in [5.41, 5.74) is 3.10. The predicted molar refractivity (Wildman–Crippen MR) is 107 cm³/mol. The van der Waals surface area contributed by atoms with E-state index in [4.69, 9.17) is 23.2 Å². The molecule has 4 nitrogen and oxygen atoms in total. The Hall–Kier alpha value is -2.04. The quantitative estimate of drug-likeness (QED) is 0.224. The zero-order chi connectivity index (χ0) is 18.8. The van der Waals surface area contributed by atoms with Crippen LogP contribution in [0.3, 0.4) is 0 Å². The lowest BCUT2D eigenvalue weighted by Gasteiger charge is -2.06. The van der Waals surface area contributed by atoms with E-state index in [1.165, 1.54) is 0 Å². The molecular weight excluding hydrogens is 371 g/mol. The molecule has 0 amide bonds. The van der Waals surface area contributed by atoms with E-state index in [1.54, 1.807) is 24.3 Å². The summed E-state index contributed by atoms with van der Waals surface area (Å²) < 4.78 is 0. The molecule has 138 valence electrons. The first kappa shape index (κ1) is 20.3. The van der Waals surface area contributed by atoms with Crippen molar-refractivity contribution < 1.29 is 10.4 Å². The second-order valence-corrected chi connectivity index (χ2v) is 6.89. The van der Waals surface area contributed by atoms with Crippen molar-refractivity contribution in [2.24, 2.45) is 10.3 Å². The smallest absolute Gasteiger partial charge is 0.0867 e. The molecule has 2 N–H and O–H groups in total. The Morgan fingerprint density at radius 3 is 1.27 bits per heavy atom. The summed E-state index contributed by atoms with van der Waals surface area (Å²) >= 11 is 11.7. The molecule has 0 saturated heterocycles. The van der Waals surface area contributed by atoms with Gasteiger partial charge in [-0.25, -0.2) is 0 Å². The Kier molecular flexibility index (Phi) is 8.45. The highest BCUT2D eigenvalue weighted by atomic mass is 35.5. The van der Waals surface area contributed by atoms with Crippen LogP contribution in [0.4, 0.5) is 0 Å². The summed E-state index contributed by atoms with van der Waals surface area (Å²) in [4.78, 5) is 0. The van der Waals surface area contributed by atoms with Crippen molar-refractivity contribution >= 4 is 34.6 Å². The van der Waals surface area contributed by atoms with Crippen LogP contribution in [0.1, 0.15) is 49.7 Å². The minimum absolute atomic E-state index is 0.660. The van der Waals surface area contributed by atoms with E-state index in [2.05, 4.69) is 10.3 Å². The van der Waals surface area contributed by atoms with E-state index in [-0.39, 0.29) is 0 Å². The molecule has 6 heteroatoms. The molecule has 0 aliphatic rings. The molecule has 26 heavy (non-hydrogen) atoms. The predicted octanol–water partition coefficient (Wildman–Crippen LogP) is 6.39. The molecule has 2 aromatic carbocycles. The molecule has 0 unspecified atom stereocenters. The third kappa shape index (κ3) is 6.36. The van der Waals surface area contributed by atoms with Gasteiger partial charge >= 0.3 is 0 Å². The van der Waals surface area contributed by atoms with Gasteiger partial charge in [0, 0.05) is 10.0 Å². The van der Waals surface area contributed by atoms with E-state index in [1.807, 2.05) is 24.3 Å². The topological polar surface area (TPSA) is 65.2 Å². The van der Waals surface area contributed by atoms with Gasteiger partial charge in [0.05, 0.1) is 11.4 Å². The Morgan fingerprint density at radius 1 is 0.615 bits per heavy atom. The van der Waals surface area contributed by atoms with Crippen molar-refractivity contribution in [1.29, 1.82) is 0 Å². The van der Waals surface area contributed by atoms with Crippen LogP contribution in [0, 0.1) is 0 Å². The van der Waals surface area contributed by atoms with Gasteiger partial charge in [0.2, 0.25) is 0 Å². The number of unbranched alkanes of at least 4 members (excludes halogenated alkanes) is 3. The standard InChI is InChI=1S/C20H22Cl2N2O2/c21-17-11-7-15(8-12-17)19(23-25)5-3-1-2-4-6-20(24-26)16-9-13-18(22)14-10-16/h7-14,25-26H,1-6H2/b23-19+,24-20+. The fourth-order valence-corrected chi connectivity index (χ4v) is 2.98. The number of hydrogen-bond acceptors (Lipinski definition) is 4. The van der Waals surface area contributed by atoms with Crippen LogP contribution in [-0.2, 0) is 0 Å². The fourth-order valence-electron chi connectivity index (χ4n) is 2.73. The highest BCUT2D eigenvalue weighted by Crippen LogP contribution is 2.16. The molecule has 0 fully saturated rings. The van der Waals surface area contributed by atoms with E-state index >= 15 is 0 Å². The van der Waals surface area contributed by atoms with Gasteiger partial charge in [0.25, 0.3) is 0 Å². The van der Waals surface area contributed by atoms with Gasteiger partial charge in [-0.15, -0.1) is 0 Å². The zero-order valence-corrected chi connectivity index (χ0v) is 15.9. The normalized spacial score (nSPS) is 12.4. The van der Waals surface area contributed by atoms with Crippen molar-refractivity contribution in [2.45, 2.75) is 38.5 Å². The Balaban J connectivity index is 1.71. The molecule has 2 rings (SSSR count). The van der Waals surface area contributed by atoms with Crippen LogP contribution in [0.2, 0.25) is 10.0 Å². The summed E-state index contributed by atoms with van der Waals surface area (Å²) in [6, 6.07) is 14.6. The Morgan fingerprint density at radius 2 is 0.962 bits per heavy atom. The first-order valence-corrected chi connectivity index (χ1v) is 9.33. The SMILES string of the molecule is O/N=C(\CCCCCC/C(=N\O)c1ccc(Cl)cc1)c1ccc(Cl)cc1. The van der Waals surface area contributed by atoms with Gasteiger partial charge < -0.3 is 10.4 Å². The maximum Gasteiger partial charge on any atom is 0.0867 e. The first-order chi connectivity index (χ1) is 12.6. The van der Waals surface area contributed by atoms with Crippen molar-refractivity contribution in [1.82, 2.24) is 0 Å². The van der Waals surface area contributed by atoms with Crippen LogP contribution >= 0.6 is 23.2 Å². The molecular formula is C20H22Cl2N2O2. The second kappa shape index (κ2) is 10.8. The third-order valence-corrected chi connectivity index (χ3v) is 4.68. The molecule has 0 radical (unpaired) electrons. The van der Waals surface area contributed by atoms with E-state index in [0.29, 0.717) is 34.3 Å². The minimum Gasteiger partial charge on any atom is -0.411 e. The molecule has 0 spiro atoms. The van der Waals surface area contributed by atoms with Gasteiger partial charge in [0.15, 0.2) is 0 Å². The number of hydrogen-bond donors (Lipinski definition) is 2. The summed E-state index contributed by atoms with van der Waals surface area (Å²) in [7, 11) is 0. The van der Waals surface area contributed by atoms with E-state index < -0.39 is 0 Å². The maximum absolute atomic E-state index is 9.20. The van der Waals surface area contributed by atoms with Crippen molar-refractivity contribution in [3.05, 3.63) is 69.7 Å². The summed E-state index contributed by atoms with van der Waals surface area (Å²) in [5.74, 6) is 0. The van der Waals surface area contributed by atoms with Crippen LogP contribution in [-0.4, -0.2) is 21.8 Å². The van der Waals surface area contributed by atoms with E-state index in [9.17, 15) is 10.4 Å². The number of rotatable bonds is 9. The first-order valence-electron chi connectivity index (χ1n) is 8.58. The average molecular weight is 393 g/mol. The molecule has 0 aliphatic heterocycles. The van der Waals surface area contributed by atoms with Gasteiger partial charge in [-0.2, -0.15) is 0 Å². The highest BCUT2D eigenvalue weighted by molar-refractivity contribution is 6.31. The summed E-state index contributed by atoms with van der Waals surface area (Å²) in [6.07, 6.45) is 5.27. The molecule has 2 aromatic rings. The Labute approximate surface area is 163 Å². The van der Waals surface area contributed by atoms with Gasteiger partial charge in [-0.05, 0) is 61.1 Å². The monoisotopic (exact) mass is 392 g/mol. The molecule has 0 bridgehead atoms. The van der Waals surface area contributed by atoms with Crippen LogP contribution in [0.25, 0.3) is 0 Å². The van der Waals surface area contributed by atoms with Crippen molar-refractivity contribution in [3.63, 3.8) is 0 Å². The van der Waals surface area contributed by atoms with Crippen LogP contribution < -0.4 is 0 Å². The van der Waals surface area contributed by atoms with Gasteiger partial charge in [0.1, 0.15) is 0 Å². The number of halogens is 2. The zero-order valence-electron chi connectivity index (χ0n) is 14.4. The average Bonchev–Trinajstić information content (AvgIpc) is 2.66. The van der Waals surface area contributed by atoms with Crippen molar-refractivity contribution in [2.75, 3.05) is 0 Å². The molecule has 0 heterocycles. The third-order valence-electron chi connectivity index (χ3n) is 4.17. The molecule has 0 aromatic heterocycles. The lowest BCUT2D eigenvalue weighted by Crippen LogP contribution is -2.02. The lowest BCUT2D eigenvalue weighted by molar-refractivity contribution is 0.317. The lowest BCUT2D eigenvalue weighted by atomic mass is 10.0. The van der Waals surface area contributed by atoms with Gasteiger partial charge in [-0.3, -0.25) is 0 Å². The number of benzene rings is 2.